The Morgan fingerprint density at radius 3 is 2.61 bits per heavy atom. The quantitative estimate of drug-likeness (QED) is 0.444. The van der Waals surface area contributed by atoms with E-state index < -0.39 is 0 Å². The Morgan fingerprint density at radius 2 is 2.06 bits per heavy atom. The lowest BCUT2D eigenvalue weighted by atomic mass is 10.1. The predicted octanol–water partition coefficient (Wildman–Crippen LogP) is 2.08. The molecule has 1 aliphatic rings. The zero-order chi connectivity index (χ0) is 13.4. The van der Waals surface area contributed by atoms with Gasteiger partial charge in [0.25, 0.3) is 0 Å². The van der Waals surface area contributed by atoms with Crippen LogP contribution >= 0.6 is 0 Å². The molecule has 1 aliphatic carbocycles. The highest BCUT2D eigenvalue weighted by molar-refractivity contribution is 5.71. The first-order valence-corrected chi connectivity index (χ1v) is 7.11. The summed E-state index contributed by atoms with van der Waals surface area (Å²) in [5.41, 5.74) is 0. The molecule has 1 saturated carbocycles. The first-order valence-electron chi connectivity index (χ1n) is 7.11. The van der Waals surface area contributed by atoms with E-state index in [1.54, 1.807) is 0 Å². The molecule has 1 fully saturated rings. The van der Waals surface area contributed by atoms with Crippen LogP contribution in [0.1, 0.15) is 40.0 Å². The summed E-state index contributed by atoms with van der Waals surface area (Å²) in [5, 5.41) is 0. The first kappa shape index (κ1) is 15.4. The number of nitrogens with zero attached hydrogens (tertiary/aromatic N) is 1. The van der Waals surface area contributed by atoms with Gasteiger partial charge in [0.15, 0.2) is 0 Å². The van der Waals surface area contributed by atoms with Crippen LogP contribution in [0.3, 0.4) is 0 Å². The van der Waals surface area contributed by atoms with Gasteiger partial charge in [-0.15, -0.1) is 0 Å². The smallest absolute Gasteiger partial charge is 0.320 e. The van der Waals surface area contributed by atoms with Crippen LogP contribution in [0.2, 0.25) is 0 Å². The molecule has 0 bridgehead atoms. The number of rotatable bonds is 10. The molecule has 0 radical (unpaired) electrons. The zero-order valence-electron chi connectivity index (χ0n) is 12.0. The number of ether oxygens (including phenoxy) is 2. The van der Waals surface area contributed by atoms with Crippen molar-refractivity contribution in [3.63, 3.8) is 0 Å². The summed E-state index contributed by atoms with van der Waals surface area (Å²) in [6.07, 6.45) is 3.50. The Labute approximate surface area is 111 Å². The first-order chi connectivity index (χ1) is 8.63. The van der Waals surface area contributed by atoms with Crippen LogP contribution in [0.15, 0.2) is 0 Å². The summed E-state index contributed by atoms with van der Waals surface area (Å²) in [7, 11) is 0. The van der Waals surface area contributed by atoms with E-state index in [9.17, 15) is 4.79 Å². The number of hydrogen-bond acceptors (Lipinski definition) is 4. The third-order valence-electron chi connectivity index (χ3n) is 3.06. The minimum atomic E-state index is -0.119. The van der Waals surface area contributed by atoms with Crippen molar-refractivity contribution in [2.75, 3.05) is 32.9 Å². The molecule has 0 spiro atoms. The van der Waals surface area contributed by atoms with Crippen LogP contribution in [0, 0.1) is 5.92 Å². The number of hydrogen-bond donors (Lipinski definition) is 0. The molecule has 0 aromatic heterocycles. The maximum absolute atomic E-state index is 11.5. The maximum atomic E-state index is 11.5. The normalized spacial score (nSPS) is 15.4. The average Bonchev–Trinajstić information content (AvgIpc) is 3.10. The van der Waals surface area contributed by atoms with Gasteiger partial charge in [0.1, 0.15) is 0 Å². The minimum absolute atomic E-state index is 0.119. The molecular weight excluding hydrogens is 230 g/mol. The molecule has 4 nitrogen and oxygen atoms in total. The van der Waals surface area contributed by atoms with Crippen LogP contribution in [0.4, 0.5) is 0 Å². The van der Waals surface area contributed by atoms with Crippen LogP contribution in [-0.2, 0) is 14.3 Å². The SMILES string of the molecule is CCOC(=O)CN(CCOCCC(C)C)C1CC1. The third kappa shape index (κ3) is 6.97. The fourth-order valence-corrected chi connectivity index (χ4v) is 1.81. The lowest BCUT2D eigenvalue weighted by Gasteiger charge is -2.20. The van der Waals surface area contributed by atoms with E-state index in [1.165, 1.54) is 12.8 Å². The second-order valence-corrected chi connectivity index (χ2v) is 5.30. The van der Waals surface area contributed by atoms with Crippen molar-refractivity contribution >= 4 is 5.97 Å². The van der Waals surface area contributed by atoms with Gasteiger partial charge in [-0.1, -0.05) is 13.8 Å². The lowest BCUT2D eigenvalue weighted by Crippen LogP contribution is -2.35. The van der Waals surface area contributed by atoms with Gasteiger partial charge in [-0.3, -0.25) is 9.69 Å². The molecule has 0 heterocycles. The highest BCUT2D eigenvalue weighted by Gasteiger charge is 2.30. The second-order valence-electron chi connectivity index (χ2n) is 5.30. The Hall–Kier alpha value is -0.610. The van der Waals surface area contributed by atoms with Crippen LogP contribution in [0.25, 0.3) is 0 Å². The van der Waals surface area contributed by atoms with Crippen LogP contribution in [0.5, 0.6) is 0 Å². The number of esters is 1. The molecule has 0 saturated heterocycles. The number of carbonyl (C=O) groups is 1. The Kier molecular flexibility index (Phi) is 7.28. The van der Waals surface area contributed by atoms with Crippen molar-refractivity contribution in [2.24, 2.45) is 5.92 Å². The van der Waals surface area contributed by atoms with E-state index in [-0.39, 0.29) is 5.97 Å². The van der Waals surface area contributed by atoms with Gasteiger partial charge in [0.2, 0.25) is 0 Å². The summed E-state index contributed by atoms with van der Waals surface area (Å²) in [5.74, 6) is 0.565. The largest absolute Gasteiger partial charge is 0.465 e. The molecule has 18 heavy (non-hydrogen) atoms. The van der Waals surface area contributed by atoms with E-state index in [1.807, 2.05) is 6.92 Å². The Morgan fingerprint density at radius 1 is 1.33 bits per heavy atom. The van der Waals surface area contributed by atoms with Crippen molar-refractivity contribution in [3.05, 3.63) is 0 Å². The van der Waals surface area contributed by atoms with Gasteiger partial charge < -0.3 is 9.47 Å². The van der Waals surface area contributed by atoms with Crippen molar-refractivity contribution < 1.29 is 14.3 Å². The van der Waals surface area contributed by atoms with E-state index in [2.05, 4.69) is 18.7 Å². The third-order valence-corrected chi connectivity index (χ3v) is 3.06. The van der Waals surface area contributed by atoms with E-state index in [0.29, 0.717) is 31.7 Å². The van der Waals surface area contributed by atoms with Crippen LogP contribution < -0.4 is 0 Å². The molecular formula is C14H27NO3. The van der Waals surface area contributed by atoms with Gasteiger partial charge in [0, 0.05) is 19.2 Å². The monoisotopic (exact) mass is 257 g/mol. The molecule has 0 atom stereocenters. The molecule has 0 amide bonds. The summed E-state index contributed by atoms with van der Waals surface area (Å²) in [4.78, 5) is 13.6. The Balaban J connectivity index is 2.12. The van der Waals surface area contributed by atoms with E-state index >= 15 is 0 Å². The zero-order valence-corrected chi connectivity index (χ0v) is 12.0. The van der Waals surface area contributed by atoms with E-state index in [4.69, 9.17) is 9.47 Å². The molecule has 0 aliphatic heterocycles. The fourth-order valence-electron chi connectivity index (χ4n) is 1.81. The van der Waals surface area contributed by atoms with Crippen molar-refractivity contribution in [1.82, 2.24) is 4.90 Å². The van der Waals surface area contributed by atoms with Crippen molar-refractivity contribution in [2.45, 2.75) is 46.1 Å². The summed E-state index contributed by atoms with van der Waals surface area (Å²) in [6.45, 7) is 9.46. The van der Waals surface area contributed by atoms with Crippen LogP contribution in [-0.4, -0.2) is 49.8 Å². The van der Waals surface area contributed by atoms with Gasteiger partial charge in [-0.05, 0) is 32.1 Å². The summed E-state index contributed by atoms with van der Waals surface area (Å²) < 4.78 is 10.6. The minimum Gasteiger partial charge on any atom is -0.465 e. The molecule has 0 N–H and O–H groups in total. The molecule has 0 aromatic carbocycles. The Bertz CT molecular complexity index is 239. The fraction of sp³-hybridized carbons (Fsp3) is 0.929. The van der Waals surface area contributed by atoms with E-state index in [0.717, 1.165) is 19.6 Å². The van der Waals surface area contributed by atoms with Crippen molar-refractivity contribution in [1.29, 1.82) is 0 Å². The van der Waals surface area contributed by atoms with Gasteiger partial charge in [-0.25, -0.2) is 0 Å². The number of carbonyl (C=O) groups excluding carboxylic acids is 1. The summed E-state index contributed by atoms with van der Waals surface area (Å²) >= 11 is 0. The van der Waals surface area contributed by atoms with Gasteiger partial charge in [-0.2, -0.15) is 0 Å². The van der Waals surface area contributed by atoms with Gasteiger partial charge >= 0.3 is 5.97 Å². The maximum Gasteiger partial charge on any atom is 0.320 e. The summed E-state index contributed by atoms with van der Waals surface area (Å²) in [6, 6.07) is 0.572. The molecule has 0 unspecified atom stereocenters. The highest BCUT2D eigenvalue weighted by atomic mass is 16.5. The molecule has 0 aromatic rings. The van der Waals surface area contributed by atoms with Crippen molar-refractivity contribution in [3.8, 4) is 0 Å². The highest BCUT2D eigenvalue weighted by Crippen LogP contribution is 2.26. The molecule has 1 rings (SSSR count). The molecule has 4 heteroatoms. The van der Waals surface area contributed by atoms with Gasteiger partial charge in [0.05, 0.1) is 19.8 Å². The average molecular weight is 257 g/mol. The second kappa shape index (κ2) is 8.48. The topological polar surface area (TPSA) is 38.8 Å². The lowest BCUT2D eigenvalue weighted by molar-refractivity contribution is -0.144. The molecule has 106 valence electrons. The standard InChI is InChI=1S/C14H27NO3/c1-4-18-14(16)11-15(13-5-6-13)8-10-17-9-7-12(2)3/h12-13H,4-11H2,1-3H3. The predicted molar refractivity (Wildman–Crippen MR) is 71.5 cm³/mol.